The smallest absolute Gasteiger partial charge is 0.337 e. The number of fused-ring (bicyclic) bond motifs is 1. The first-order valence-electron chi connectivity index (χ1n) is 12.6. The largest absolute Gasteiger partial charge is 0.465 e. The maximum absolute atomic E-state index is 13.5. The molecule has 0 radical (unpaired) electrons. The lowest BCUT2D eigenvalue weighted by molar-refractivity contribution is -0.151. The van der Waals surface area contributed by atoms with E-state index in [0.29, 0.717) is 37.7 Å². The molecule has 0 amide bonds. The number of allylic oxidation sites excluding steroid dienone is 1. The molecule has 1 saturated heterocycles. The molecule has 192 valence electrons. The van der Waals surface area contributed by atoms with Gasteiger partial charge in [0.1, 0.15) is 17.8 Å². The third kappa shape index (κ3) is 4.74. The summed E-state index contributed by atoms with van der Waals surface area (Å²) in [5.41, 5.74) is 3.06. The third-order valence-corrected chi connectivity index (χ3v) is 6.56. The second kappa shape index (κ2) is 11.0. The SMILES string of the molecule is CCOC(=O)C1=C2C(c3ccccc3)=CC(N3CCOCC3)=NN2C(c2ccccn2)C1C(=O)OCC. The number of hydrazone groups is 1. The van der Waals surface area contributed by atoms with Crippen molar-refractivity contribution in [2.75, 3.05) is 39.5 Å². The van der Waals surface area contributed by atoms with Gasteiger partial charge in [-0.3, -0.25) is 14.8 Å². The number of benzene rings is 1. The summed E-state index contributed by atoms with van der Waals surface area (Å²) in [4.78, 5) is 33.7. The summed E-state index contributed by atoms with van der Waals surface area (Å²) >= 11 is 0. The zero-order chi connectivity index (χ0) is 25.8. The summed E-state index contributed by atoms with van der Waals surface area (Å²) in [5.74, 6) is -1.31. The monoisotopic (exact) mass is 502 g/mol. The molecule has 0 saturated carbocycles. The topological polar surface area (TPSA) is 93.6 Å². The lowest BCUT2D eigenvalue weighted by atomic mass is 9.90. The van der Waals surface area contributed by atoms with Crippen molar-refractivity contribution in [1.29, 1.82) is 0 Å². The molecule has 9 heteroatoms. The minimum Gasteiger partial charge on any atom is -0.465 e. The highest BCUT2D eigenvalue weighted by Gasteiger charge is 2.52. The van der Waals surface area contributed by atoms with Gasteiger partial charge in [0.25, 0.3) is 0 Å². The second-order valence-electron chi connectivity index (χ2n) is 8.74. The molecule has 2 aromatic rings. The molecule has 9 nitrogen and oxygen atoms in total. The lowest BCUT2D eigenvalue weighted by Gasteiger charge is -2.35. The van der Waals surface area contributed by atoms with Crippen LogP contribution in [0.25, 0.3) is 5.57 Å². The van der Waals surface area contributed by atoms with Crippen molar-refractivity contribution in [2.24, 2.45) is 11.0 Å². The molecule has 3 aliphatic heterocycles. The van der Waals surface area contributed by atoms with E-state index in [4.69, 9.17) is 19.3 Å². The average molecular weight is 503 g/mol. The van der Waals surface area contributed by atoms with Gasteiger partial charge in [-0.1, -0.05) is 36.4 Å². The first-order valence-corrected chi connectivity index (χ1v) is 12.6. The normalized spacial score (nSPS) is 21.2. The average Bonchev–Trinajstić information content (AvgIpc) is 3.30. The van der Waals surface area contributed by atoms with Crippen LogP contribution in [0.4, 0.5) is 0 Å². The standard InChI is InChI=1S/C28H30N4O5/c1-3-36-27(33)23-24(28(34)37-4-2)26(21-12-8-9-13-29-21)32-25(23)20(19-10-6-5-7-11-19)18-22(30-32)31-14-16-35-17-15-31/h5-13,18,24,26H,3-4,14-17H2,1-2H3. The summed E-state index contributed by atoms with van der Waals surface area (Å²) < 4.78 is 16.5. The molecule has 0 N–H and O–H groups in total. The predicted molar refractivity (Wildman–Crippen MR) is 137 cm³/mol. The van der Waals surface area contributed by atoms with Crippen LogP contribution >= 0.6 is 0 Å². The van der Waals surface area contributed by atoms with Gasteiger partial charge in [0.15, 0.2) is 0 Å². The number of ether oxygens (including phenoxy) is 3. The zero-order valence-electron chi connectivity index (χ0n) is 21.0. The van der Waals surface area contributed by atoms with E-state index in [0.717, 1.165) is 17.0 Å². The van der Waals surface area contributed by atoms with E-state index < -0.39 is 23.9 Å². The van der Waals surface area contributed by atoms with Crippen molar-refractivity contribution >= 4 is 23.3 Å². The first kappa shape index (κ1) is 24.7. The fraction of sp³-hybridized carbons (Fsp3) is 0.357. The van der Waals surface area contributed by atoms with Crippen LogP contribution in [0.15, 0.2) is 77.2 Å². The van der Waals surface area contributed by atoms with Crippen LogP contribution in [0.2, 0.25) is 0 Å². The third-order valence-electron chi connectivity index (χ3n) is 6.56. The molecular formula is C28H30N4O5. The van der Waals surface area contributed by atoms with Gasteiger partial charge in [0.2, 0.25) is 0 Å². The van der Waals surface area contributed by atoms with Crippen LogP contribution in [0.3, 0.4) is 0 Å². The fourth-order valence-corrected chi connectivity index (χ4v) is 4.97. The number of hydrogen-bond acceptors (Lipinski definition) is 9. The van der Waals surface area contributed by atoms with Crippen LogP contribution in [-0.2, 0) is 23.8 Å². The predicted octanol–water partition coefficient (Wildman–Crippen LogP) is 3.18. The molecule has 2 unspecified atom stereocenters. The molecule has 1 fully saturated rings. The zero-order valence-corrected chi connectivity index (χ0v) is 21.0. The summed E-state index contributed by atoms with van der Waals surface area (Å²) in [5, 5.41) is 6.78. The minimum absolute atomic E-state index is 0.173. The molecule has 0 spiro atoms. The highest BCUT2D eigenvalue weighted by molar-refractivity contribution is 6.08. The van der Waals surface area contributed by atoms with E-state index in [1.807, 2.05) is 54.6 Å². The van der Waals surface area contributed by atoms with E-state index >= 15 is 0 Å². The van der Waals surface area contributed by atoms with Gasteiger partial charge >= 0.3 is 11.9 Å². The van der Waals surface area contributed by atoms with Gasteiger partial charge in [-0.25, -0.2) is 4.79 Å². The summed E-state index contributed by atoms with van der Waals surface area (Å²) in [7, 11) is 0. The molecule has 0 aliphatic carbocycles. The molecular weight excluding hydrogens is 472 g/mol. The van der Waals surface area contributed by atoms with Crippen molar-refractivity contribution < 1.29 is 23.8 Å². The number of carbonyl (C=O) groups excluding carboxylic acids is 2. The Morgan fingerprint density at radius 2 is 1.73 bits per heavy atom. The van der Waals surface area contributed by atoms with Gasteiger partial charge in [0.05, 0.1) is 43.4 Å². The number of amidine groups is 1. The molecule has 2 atom stereocenters. The van der Waals surface area contributed by atoms with Crippen LogP contribution in [0.5, 0.6) is 0 Å². The molecule has 4 heterocycles. The Morgan fingerprint density at radius 3 is 2.41 bits per heavy atom. The number of rotatable bonds is 6. The number of esters is 2. The summed E-state index contributed by atoms with van der Waals surface area (Å²) in [6, 6.07) is 14.6. The quantitative estimate of drug-likeness (QED) is 0.556. The number of carbonyl (C=O) groups is 2. The van der Waals surface area contributed by atoms with Crippen LogP contribution < -0.4 is 0 Å². The van der Waals surface area contributed by atoms with Crippen LogP contribution in [-0.4, -0.2) is 72.2 Å². The van der Waals surface area contributed by atoms with Gasteiger partial charge < -0.3 is 19.1 Å². The van der Waals surface area contributed by atoms with Gasteiger partial charge in [0, 0.05) is 24.9 Å². The van der Waals surface area contributed by atoms with Gasteiger partial charge in [-0.2, -0.15) is 5.10 Å². The first-order chi connectivity index (χ1) is 18.1. The molecule has 0 bridgehead atoms. The van der Waals surface area contributed by atoms with E-state index in [2.05, 4.69) is 9.88 Å². The maximum Gasteiger partial charge on any atom is 0.337 e. The number of morpholine rings is 1. The number of hydrogen-bond donors (Lipinski definition) is 0. The molecule has 1 aromatic heterocycles. The Bertz CT molecular complexity index is 1240. The molecule has 1 aromatic carbocycles. The van der Waals surface area contributed by atoms with Crippen molar-refractivity contribution in [3.05, 3.63) is 83.3 Å². The number of aromatic nitrogens is 1. The van der Waals surface area contributed by atoms with Crippen molar-refractivity contribution in [3.63, 3.8) is 0 Å². The van der Waals surface area contributed by atoms with E-state index in [9.17, 15) is 9.59 Å². The second-order valence-corrected chi connectivity index (χ2v) is 8.74. The summed E-state index contributed by atoms with van der Waals surface area (Å²) in [6.07, 6.45) is 3.65. The number of nitrogens with zero attached hydrogens (tertiary/aromatic N) is 4. The van der Waals surface area contributed by atoms with E-state index in [1.165, 1.54) is 0 Å². The van der Waals surface area contributed by atoms with Crippen molar-refractivity contribution in [1.82, 2.24) is 14.9 Å². The van der Waals surface area contributed by atoms with Crippen LogP contribution in [0, 0.1) is 5.92 Å². The van der Waals surface area contributed by atoms with Gasteiger partial charge in [-0.05, 0) is 37.6 Å². The Kier molecular flexibility index (Phi) is 7.32. The van der Waals surface area contributed by atoms with Crippen molar-refractivity contribution in [3.8, 4) is 0 Å². The highest BCUT2D eigenvalue weighted by Crippen LogP contribution is 2.50. The molecule has 5 rings (SSSR count). The minimum atomic E-state index is -0.969. The van der Waals surface area contributed by atoms with E-state index in [1.54, 1.807) is 25.1 Å². The lowest BCUT2D eigenvalue weighted by Crippen LogP contribution is -2.42. The Morgan fingerprint density at radius 1 is 1.00 bits per heavy atom. The summed E-state index contributed by atoms with van der Waals surface area (Å²) in [6.45, 7) is 6.41. The number of pyridine rings is 1. The maximum atomic E-state index is 13.5. The Labute approximate surface area is 216 Å². The van der Waals surface area contributed by atoms with Crippen LogP contribution in [0.1, 0.15) is 31.1 Å². The van der Waals surface area contributed by atoms with Gasteiger partial charge in [-0.15, -0.1) is 0 Å². The van der Waals surface area contributed by atoms with Crippen molar-refractivity contribution in [2.45, 2.75) is 19.9 Å². The Balaban J connectivity index is 1.75. The highest BCUT2D eigenvalue weighted by atomic mass is 16.5. The Hall–Kier alpha value is -3.98. The van der Waals surface area contributed by atoms with E-state index in [-0.39, 0.29) is 18.8 Å². The molecule has 3 aliphatic rings. The fourth-order valence-electron chi connectivity index (χ4n) is 4.97. The molecule has 37 heavy (non-hydrogen) atoms.